The van der Waals surface area contributed by atoms with Gasteiger partial charge in [-0.2, -0.15) is 0 Å². The highest BCUT2D eigenvalue weighted by Crippen LogP contribution is 2.37. The molecule has 2 saturated heterocycles. The lowest BCUT2D eigenvalue weighted by Crippen LogP contribution is -2.61. The van der Waals surface area contributed by atoms with Crippen LogP contribution in [0.1, 0.15) is 47.0 Å². The summed E-state index contributed by atoms with van der Waals surface area (Å²) >= 11 is 0. The van der Waals surface area contributed by atoms with Crippen molar-refractivity contribution in [1.29, 1.82) is 0 Å². The van der Waals surface area contributed by atoms with Gasteiger partial charge < -0.3 is 20.4 Å². The SMILES string of the molecule is C/C(=C\C[C@H](C)/C=C1\CN2CCCC2[C@@](C)(O)[C@@H]1O)[C@H](O)[C@H](C)O. The van der Waals surface area contributed by atoms with Crippen LogP contribution in [0.2, 0.25) is 0 Å². The van der Waals surface area contributed by atoms with Crippen LogP contribution >= 0.6 is 0 Å². The number of piperidine rings is 1. The minimum atomic E-state index is -1.10. The van der Waals surface area contributed by atoms with E-state index >= 15 is 0 Å². The van der Waals surface area contributed by atoms with Gasteiger partial charge in [0.05, 0.1) is 6.10 Å². The van der Waals surface area contributed by atoms with Crippen LogP contribution in [0.3, 0.4) is 0 Å². The topological polar surface area (TPSA) is 84.2 Å². The molecule has 6 atom stereocenters. The summed E-state index contributed by atoms with van der Waals surface area (Å²) < 4.78 is 0. The highest BCUT2D eigenvalue weighted by Gasteiger charge is 2.49. The molecule has 5 heteroatoms. The Labute approximate surface area is 145 Å². The second-order valence-corrected chi connectivity index (χ2v) is 7.85. The highest BCUT2D eigenvalue weighted by atomic mass is 16.3. The molecule has 0 spiro atoms. The number of fused-ring (bicyclic) bond motifs is 1. The zero-order chi connectivity index (χ0) is 18.1. The quantitative estimate of drug-likeness (QED) is 0.566. The predicted molar refractivity (Wildman–Crippen MR) is 94.5 cm³/mol. The van der Waals surface area contributed by atoms with Crippen molar-refractivity contribution in [2.24, 2.45) is 5.92 Å². The Morgan fingerprint density at radius 2 is 2.04 bits per heavy atom. The number of hydrogen-bond donors (Lipinski definition) is 4. The van der Waals surface area contributed by atoms with Crippen molar-refractivity contribution in [2.75, 3.05) is 13.1 Å². The molecule has 0 amide bonds. The third-order valence-corrected chi connectivity index (χ3v) is 5.56. The molecule has 2 heterocycles. The van der Waals surface area contributed by atoms with E-state index in [-0.39, 0.29) is 12.0 Å². The molecule has 2 aliphatic heterocycles. The molecule has 0 saturated carbocycles. The molecule has 24 heavy (non-hydrogen) atoms. The number of allylic oxidation sites excluding steroid dienone is 2. The standard InChI is InChI=1S/C19H33NO4/c1-12(7-8-13(2)17(22)14(3)21)10-15-11-20-9-5-6-16(20)19(4,24)18(15)23/h8,10,12,14,16-18,21-24H,5-7,9,11H2,1-4H3/b13-8+,15-10+/t12-,14-,16?,17-,18+,19+/m0/s1. The molecule has 138 valence electrons. The molecule has 0 radical (unpaired) electrons. The zero-order valence-corrected chi connectivity index (χ0v) is 15.3. The summed E-state index contributed by atoms with van der Waals surface area (Å²) in [7, 11) is 0. The first-order chi connectivity index (χ1) is 11.1. The van der Waals surface area contributed by atoms with E-state index in [4.69, 9.17) is 0 Å². The van der Waals surface area contributed by atoms with Gasteiger partial charge in [-0.15, -0.1) is 0 Å². The van der Waals surface area contributed by atoms with E-state index in [1.165, 1.54) is 0 Å². The van der Waals surface area contributed by atoms with E-state index in [2.05, 4.69) is 11.8 Å². The summed E-state index contributed by atoms with van der Waals surface area (Å²) in [5, 5.41) is 40.6. The Hall–Kier alpha value is -0.720. The molecule has 2 rings (SSSR count). The number of nitrogens with zero attached hydrogens (tertiary/aromatic N) is 1. The smallest absolute Gasteiger partial charge is 0.107 e. The fourth-order valence-corrected chi connectivity index (χ4v) is 4.01. The molecular weight excluding hydrogens is 306 g/mol. The molecule has 5 nitrogen and oxygen atoms in total. The van der Waals surface area contributed by atoms with Crippen LogP contribution in [0, 0.1) is 5.92 Å². The summed E-state index contributed by atoms with van der Waals surface area (Å²) in [5.41, 5.74) is 0.535. The summed E-state index contributed by atoms with van der Waals surface area (Å²) in [6.45, 7) is 8.86. The Kier molecular flexibility index (Phi) is 6.26. The maximum absolute atomic E-state index is 10.7. The summed E-state index contributed by atoms with van der Waals surface area (Å²) in [4.78, 5) is 2.27. The van der Waals surface area contributed by atoms with Gasteiger partial charge in [-0.1, -0.05) is 19.1 Å². The summed E-state index contributed by atoms with van der Waals surface area (Å²) in [6.07, 6.45) is 4.26. The zero-order valence-electron chi connectivity index (χ0n) is 15.3. The van der Waals surface area contributed by atoms with Gasteiger partial charge in [0.1, 0.15) is 17.8 Å². The van der Waals surface area contributed by atoms with E-state index in [1.807, 2.05) is 19.1 Å². The van der Waals surface area contributed by atoms with Crippen molar-refractivity contribution in [3.63, 3.8) is 0 Å². The first-order valence-electron chi connectivity index (χ1n) is 9.02. The molecule has 1 unspecified atom stereocenters. The molecule has 0 aromatic carbocycles. The van der Waals surface area contributed by atoms with Crippen LogP contribution in [-0.2, 0) is 0 Å². The van der Waals surface area contributed by atoms with Gasteiger partial charge in [0, 0.05) is 12.6 Å². The lowest BCUT2D eigenvalue weighted by Gasteiger charge is -2.46. The van der Waals surface area contributed by atoms with Crippen molar-refractivity contribution in [3.8, 4) is 0 Å². The van der Waals surface area contributed by atoms with Gasteiger partial charge in [-0.25, -0.2) is 0 Å². The Balaban J connectivity index is 2.05. The number of aliphatic hydroxyl groups is 4. The van der Waals surface area contributed by atoms with Crippen LogP contribution in [0.15, 0.2) is 23.3 Å². The minimum Gasteiger partial charge on any atom is -0.390 e. The van der Waals surface area contributed by atoms with Crippen molar-refractivity contribution in [1.82, 2.24) is 4.90 Å². The van der Waals surface area contributed by atoms with Crippen molar-refractivity contribution in [2.45, 2.75) is 76.9 Å². The monoisotopic (exact) mass is 339 g/mol. The van der Waals surface area contributed by atoms with E-state index in [0.717, 1.165) is 37.0 Å². The van der Waals surface area contributed by atoms with Gasteiger partial charge in [0.15, 0.2) is 0 Å². The Bertz CT molecular complexity index is 498. The largest absolute Gasteiger partial charge is 0.390 e. The molecule has 0 bridgehead atoms. The summed E-state index contributed by atoms with van der Waals surface area (Å²) in [6, 6.07) is 0.0447. The molecule has 2 aliphatic rings. The predicted octanol–water partition coefficient (Wildman–Crippen LogP) is 1.22. The minimum absolute atomic E-state index is 0.0447. The normalized spacial score (nSPS) is 37.3. The van der Waals surface area contributed by atoms with Crippen LogP contribution in [-0.4, -0.2) is 68.4 Å². The second kappa shape index (κ2) is 7.67. The lowest BCUT2D eigenvalue weighted by atomic mass is 9.80. The van der Waals surface area contributed by atoms with Crippen LogP contribution in [0.5, 0.6) is 0 Å². The average Bonchev–Trinajstić information content (AvgIpc) is 2.98. The third kappa shape index (κ3) is 4.09. The molecule has 4 N–H and O–H groups in total. The molecule has 0 aromatic rings. The number of rotatable bonds is 5. The average molecular weight is 339 g/mol. The first kappa shape index (κ1) is 19.6. The summed E-state index contributed by atoms with van der Waals surface area (Å²) in [5.74, 6) is 0.181. The van der Waals surface area contributed by atoms with Crippen molar-refractivity contribution < 1.29 is 20.4 Å². The van der Waals surface area contributed by atoms with Gasteiger partial charge in [-0.05, 0) is 63.6 Å². The number of aliphatic hydroxyl groups excluding tert-OH is 3. The molecule has 0 aliphatic carbocycles. The van der Waals surface area contributed by atoms with Gasteiger partial charge in [0.25, 0.3) is 0 Å². The number of hydrogen-bond acceptors (Lipinski definition) is 5. The van der Waals surface area contributed by atoms with E-state index < -0.39 is 23.9 Å². The van der Waals surface area contributed by atoms with Crippen LogP contribution < -0.4 is 0 Å². The Morgan fingerprint density at radius 1 is 1.38 bits per heavy atom. The Morgan fingerprint density at radius 3 is 2.67 bits per heavy atom. The fraction of sp³-hybridized carbons (Fsp3) is 0.789. The highest BCUT2D eigenvalue weighted by molar-refractivity contribution is 5.24. The molecular formula is C19H33NO4. The van der Waals surface area contributed by atoms with E-state index in [0.29, 0.717) is 6.54 Å². The van der Waals surface area contributed by atoms with E-state index in [9.17, 15) is 20.4 Å². The maximum atomic E-state index is 10.7. The first-order valence-corrected chi connectivity index (χ1v) is 9.02. The van der Waals surface area contributed by atoms with Gasteiger partial charge >= 0.3 is 0 Å². The maximum Gasteiger partial charge on any atom is 0.107 e. The fourth-order valence-electron chi connectivity index (χ4n) is 4.01. The van der Waals surface area contributed by atoms with Crippen molar-refractivity contribution >= 4 is 0 Å². The second-order valence-electron chi connectivity index (χ2n) is 7.85. The van der Waals surface area contributed by atoms with Crippen LogP contribution in [0.25, 0.3) is 0 Å². The van der Waals surface area contributed by atoms with Crippen molar-refractivity contribution in [3.05, 3.63) is 23.3 Å². The third-order valence-electron chi connectivity index (χ3n) is 5.56. The van der Waals surface area contributed by atoms with Gasteiger partial charge in [-0.3, -0.25) is 4.90 Å². The lowest BCUT2D eigenvalue weighted by molar-refractivity contribution is -0.110. The van der Waals surface area contributed by atoms with E-state index in [1.54, 1.807) is 13.8 Å². The van der Waals surface area contributed by atoms with Crippen LogP contribution in [0.4, 0.5) is 0 Å². The molecule has 2 fully saturated rings. The molecule has 0 aromatic heterocycles. The van der Waals surface area contributed by atoms with Gasteiger partial charge in [0.2, 0.25) is 0 Å².